The Bertz CT molecular complexity index is 467. The van der Waals surface area contributed by atoms with Crippen molar-refractivity contribution in [3.8, 4) is 0 Å². The first-order valence-electron chi connectivity index (χ1n) is 7.94. The van der Waals surface area contributed by atoms with Gasteiger partial charge < -0.3 is 15.1 Å². The second-order valence-corrected chi connectivity index (χ2v) is 5.82. The predicted molar refractivity (Wildman–Crippen MR) is 102 cm³/mol. The molecule has 1 aliphatic heterocycles. The molecule has 1 heterocycles. The van der Waals surface area contributed by atoms with Crippen LogP contribution in [0.3, 0.4) is 0 Å². The number of likely N-dealkylation sites (tertiary alicyclic amines) is 1. The van der Waals surface area contributed by atoms with E-state index in [0.29, 0.717) is 6.04 Å². The van der Waals surface area contributed by atoms with Crippen molar-refractivity contribution in [3.05, 3.63) is 29.8 Å². The maximum absolute atomic E-state index is 12.6. The number of hydrogen-bond acceptors (Lipinski definition) is 3. The summed E-state index contributed by atoms with van der Waals surface area (Å²) in [7, 11) is 4.03. The molecule has 1 N–H and O–H groups in total. The van der Waals surface area contributed by atoms with E-state index in [2.05, 4.69) is 24.2 Å². The molecule has 0 aliphatic carbocycles. The Labute approximate surface area is 152 Å². The van der Waals surface area contributed by atoms with Crippen molar-refractivity contribution >= 4 is 36.4 Å². The van der Waals surface area contributed by atoms with Crippen LogP contribution >= 0.6 is 24.8 Å². The largest absolute Gasteiger partial charge is 0.375 e. The number of nitrogens with one attached hydrogen (secondary N) is 1. The monoisotopic (exact) mass is 361 g/mol. The summed E-state index contributed by atoms with van der Waals surface area (Å²) >= 11 is 0. The van der Waals surface area contributed by atoms with E-state index in [0.717, 1.165) is 44.5 Å². The van der Waals surface area contributed by atoms with Gasteiger partial charge in [-0.1, -0.05) is 6.92 Å². The molecule has 1 saturated heterocycles. The van der Waals surface area contributed by atoms with Gasteiger partial charge >= 0.3 is 0 Å². The Kier molecular flexibility index (Phi) is 10.3. The van der Waals surface area contributed by atoms with E-state index in [1.165, 1.54) is 5.69 Å². The highest BCUT2D eigenvalue weighted by molar-refractivity contribution is 5.95. The topological polar surface area (TPSA) is 35.6 Å². The fraction of sp³-hybridized carbons (Fsp3) is 0.588. The summed E-state index contributed by atoms with van der Waals surface area (Å²) in [5.74, 6) is 0.164. The van der Waals surface area contributed by atoms with Gasteiger partial charge in [-0.2, -0.15) is 0 Å². The number of hydrogen-bond donors (Lipinski definition) is 1. The zero-order valence-corrected chi connectivity index (χ0v) is 15.9. The Morgan fingerprint density at radius 2 is 1.96 bits per heavy atom. The summed E-state index contributed by atoms with van der Waals surface area (Å²) < 4.78 is 0. The van der Waals surface area contributed by atoms with Gasteiger partial charge in [-0.15, -0.1) is 24.8 Å². The molecule has 0 radical (unpaired) electrons. The molecule has 23 heavy (non-hydrogen) atoms. The number of carbonyl (C=O) groups is 1. The number of likely N-dealkylation sites (N-methyl/N-ethyl adjacent to an activating group) is 1. The molecule has 1 aromatic rings. The van der Waals surface area contributed by atoms with E-state index < -0.39 is 0 Å². The second-order valence-electron chi connectivity index (χ2n) is 5.82. The number of benzene rings is 1. The van der Waals surface area contributed by atoms with Gasteiger partial charge in [0.2, 0.25) is 0 Å². The fourth-order valence-electron chi connectivity index (χ4n) is 3.04. The summed E-state index contributed by atoms with van der Waals surface area (Å²) in [4.78, 5) is 16.9. The SMILES string of the molecule is CCCN(C)c1ccc(C(=O)N2CCCC2CNC)cc1.Cl.Cl. The standard InChI is InChI=1S/C17H27N3O.2ClH/c1-4-11-19(3)15-9-7-14(8-10-15)17(21)20-12-5-6-16(20)13-18-2;;/h7-10,16,18H,4-6,11-13H2,1-3H3;2*1H. The quantitative estimate of drug-likeness (QED) is 0.844. The molecule has 1 fully saturated rings. The zero-order chi connectivity index (χ0) is 15.2. The van der Waals surface area contributed by atoms with Crippen LogP contribution < -0.4 is 10.2 Å². The molecular formula is C17H29Cl2N3O. The van der Waals surface area contributed by atoms with Crippen LogP contribution in [0.4, 0.5) is 5.69 Å². The lowest BCUT2D eigenvalue weighted by molar-refractivity contribution is 0.0737. The van der Waals surface area contributed by atoms with Gasteiger partial charge in [-0.25, -0.2) is 0 Å². The van der Waals surface area contributed by atoms with E-state index in [9.17, 15) is 4.79 Å². The number of carbonyl (C=O) groups excluding carboxylic acids is 1. The number of nitrogens with zero attached hydrogens (tertiary/aromatic N) is 2. The van der Waals surface area contributed by atoms with Gasteiger partial charge in [-0.3, -0.25) is 4.79 Å². The van der Waals surface area contributed by atoms with Gasteiger partial charge in [-0.05, 0) is 50.6 Å². The first-order chi connectivity index (χ1) is 10.2. The van der Waals surface area contributed by atoms with Gasteiger partial charge in [0.1, 0.15) is 0 Å². The highest BCUT2D eigenvalue weighted by atomic mass is 35.5. The molecule has 1 aliphatic rings. The van der Waals surface area contributed by atoms with E-state index in [1.807, 2.05) is 36.2 Å². The first-order valence-corrected chi connectivity index (χ1v) is 7.94. The Morgan fingerprint density at radius 1 is 1.30 bits per heavy atom. The molecule has 1 aromatic carbocycles. The number of anilines is 1. The average molecular weight is 362 g/mol. The maximum atomic E-state index is 12.6. The van der Waals surface area contributed by atoms with Crippen LogP contribution in [0.25, 0.3) is 0 Å². The summed E-state index contributed by atoms with van der Waals surface area (Å²) in [6, 6.07) is 8.35. The van der Waals surface area contributed by atoms with E-state index in [4.69, 9.17) is 0 Å². The minimum Gasteiger partial charge on any atom is -0.375 e. The Balaban J connectivity index is 0.00000242. The van der Waals surface area contributed by atoms with Crippen LogP contribution in [-0.4, -0.2) is 50.6 Å². The molecule has 0 spiro atoms. The number of rotatable bonds is 6. The van der Waals surface area contributed by atoms with Crippen LogP contribution in [0, 0.1) is 0 Å². The lowest BCUT2D eigenvalue weighted by Gasteiger charge is -2.25. The number of amides is 1. The molecule has 6 heteroatoms. The van der Waals surface area contributed by atoms with E-state index in [1.54, 1.807) is 0 Å². The van der Waals surface area contributed by atoms with Crippen LogP contribution in [0.2, 0.25) is 0 Å². The minimum atomic E-state index is 0. The van der Waals surface area contributed by atoms with Crippen LogP contribution in [0.5, 0.6) is 0 Å². The minimum absolute atomic E-state index is 0. The predicted octanol–water partition coefficient (Wildman–Crippen LogP) is 3.20. The summed E-state index contributed by atoms with van der Waals surface area (Å²) in [6.07, 6.45) is 3.33. The van der Waals surface area contributed by atoms with Crippen molar-refractivity contribution in [2.45, 2.75) is 32.2 Å². The third-order valence-electron chi connectivity index (χ3n) is 4.19. The first kappa shape index (κ1) is 22.0. The van der Waals surface area contributed by atoms with E-state index in [-0.39, 0.29) is 30.7 Å². The third-order valence-corrected chi connectivity index (χ3v) is 4.19. The molecule has 1 amide bonds. The maximum Gasteiger partial charge on any atom is 0.254 e. The number of halogens is 2. The summed E-state index contributed by atoms with van der Waals surface area (Å²) in [5.41, 5.74) is 1.97. The lowest BCUT2D eigenvalue weighted by atomic mass is 10.1. The molecule has 2 rings (SSSR count). The average Bonchev–Trinajstić information content (AvgIpc) is 2.95. The smallest absolute Gasteiger partial charge is 0.254 e. The summed E-state index contributed by atoms with van der Waals surface area (Å²) in [5, 5.41) is 3.18. The van der Waals surface area contributed by atoms with Gasteiger partial charge in [0, 0.05) is 44.0 Å². The Morgan fingerprint density at radius 3 is 2.52 bits per heavy atom. The van der Waals surface area contributed by atoms with Crippen LogP contribution in [0.15, 0.2) is 24.3 Å². The second kappa shape index (κ2) is 10.7. The van der Waals surface area contributed by atoms with Crippen molar-refractivity contribution in [2.75, 3.05) is 38.6 Å². The lowest BCUT2D eigenvalue weighted by Crippen LogP contribution is -2.40. The third kappa shape index (κ3) is 5.55. The van der Waals surface area contributed by atoms with Gasteiger partial charge in [0.15, 0.2) is 0 Å². The molecule has 132 valence electrons. The van der Waals surface area contributed by atoms with Gasteiger partial charge in [0.25, 0.3) is 5.91 Å². The zero-order valence-electron chi connectivity index (χ0n) is 14.2. The van der Waals surface area contributed by atoms with E-state index >= 15 is 0 Å². The highest BCUT2D eigenvalue weighted by Gasteiger charge is 2.28. The van der Waals surface area contributed by atoms with Crippen molar-refractivity contribution in [1.82, 2.24) is 10.2 Å². The molecule has 1 unspecified atom stereocenters. The normalized spacial score (nSPS) is 16.5. The van der Waals surface area contributed by atoms with Crippen LogP contribution in [0.1, 0.15) is 36.5 Å². The van der Waals surface area contributed by atoms with Crippen molar-refractivity contribution < 1.29 is 4.79 Å². The molecule has 4 nitrogen and oxygen atoms in total. The molecule has 0 saturated carbocycles. The highest BCUT2D eigenvalue weighted by Crippen LogP contribution is 2.21. The molecule has 1 atom stereocenters. The fourth-order valence-corrected chi connectivity index (χ4v) is 3.04. The summed E-state index contributed by atoms with van der Waals surface area (Å²) in [6.45, 7) is 4.96. The van der Waals surface area contributed by atoms with Crippen LogP contribution in [-0.2, 0) is 0 Å². The van der Waals surface area contributed by atoms with Gasteiger partial charge in [0.05, 0.1) is 0 Å². The molecule has 0 bridgehead atoms. The molecule has 0 aromatic heterocycles. The Hall–Kier alpha value is -0.970. The van der Waals surface area contributed by atoms with Crippen molar-refractivity contribution in [1.29, 1.82) is 0 Å². The molecular weight excluding hydrogens is 333 g/mol. The van der Waals surface area contributed by atoms with Crippen molar-refractivity contribution in [3.63, 3.8) is 0 Å². The van der Waals surface area contributed by atoms with Crippen molar-refractivity contribution in [2.24, 2.45) is 0 Å².